The number of hydrogen-bond acceptors (Lipinski definition) is 5. The number of hydroxylamine groups is 2. The van der Waals surface area contributed by atoms with Crippen molar-refractivity contribution in [2.24, 2.45) is 0 Å². The van der Waals surface area contributed by atoms with Crippen molar-refractivity contribution >= 4 is 5.97 Å². The summed E-state index contributed by atoms with van der Waals surface area (Å²) in [5.41, 5.74) is -0.752. The average molecular weight is 400 g/mol. The molecule has 1 unspecified atom stereocenters. The van der Waals surface area contributed by atoms with Crippen molar-refractivity contribution < 1.29 is 19.5 Å². The van der Waals surface area contributed by atoms with Crippen molar-refractivity contribution in [2.45, 2.75) is 128 Å². The summed E-state index contributed by atoms with van der Waals surface area (Å²) in [6.07, 6.45) is 17.2. The van der Waals surface area contributed by atoms with Gasteiger partial charge in [0, 0.05) is 6.42 Å². The van der Waals surface area contributed by atoms with E-state index in [1.807, 2.05) is 13.8 Å². The fraction of sp³-hybridized carbons (Fsp3) is 0.957. The van der Waals surface area contributed by atoms with E-state index in [1.165, 1.54) is 70.0 Å². The van der Waals surface area contributed by atoms with Gasteiger partial charge in [0.2, 0.25) is 0 Å². The third kappa shape index (κ3) is 8.79. The molecule has 1 fully saturated rings. The maximum atomic E-state index is 11.0. The highest BCUT2D eigenvalue weighted by Crippen LogP contribution is 2.39. The number of unbranched alkanes of at least 4 members (excludes halogenated alkanes) is 11. The molecule has 0 aromatic rings. The van der Waals surface area contributed by atoms with E-state index in [0.29, 0.717) is 13.0 Å². The van der Waals surface area contributed by atoms with Gasteiger partial charge in [0.05, 0.1) is 19.3 Å². The minimum absolute atomic E-state index is 0.0850. The Kier molecular flexibility index (Phi) is 12.3. The molecule has 0 aromatic carbocycles. The molecule has 1 N–H and O–H groups in total. The van der Waals surface area contributed by atoms with Gasteiger partial charge < -0.3 is 14.7 Å². The zero-order chi connectivity index (χ0) is 20.9. The topological polar surface area (TPSA) is 59.0 Å². The summed E-state index contributed by atoms with van der Waals surface area (Å²) in [6.45, 7) is 6.77. The Morgan fingerprint density at radius 1 is 0.929 bits per heavy atom. The Labute approximate surface area is 173 Å². The Balaban J connectivity index is 1.91. The Morgan fingerprint density at radius 3 is 1.79 bits per heavy atom. The summed E-state index contributed by atoms with van der Waals surface area (Å²) < 4.78 is 10.6. The van der Waals surface area contributed by atoms with E-state index in [2.05, 4.69) is 11.7 Å². The van der Waals surface area contributed by atoms with Crippen molar-refractivity contribution in [3.8, 4) is 0 Å². The summed E-state index contributed by atoms with van der Waals surface area (Å²) >= 11 is 0. The van der Waals surface area contributed by atoms with E-state index < -0.39 is 5.72 Å². The number of ether oxygens (including phenoxy) is 2. The maximum Gasteiger partial charge on any atom is 0.305 e. The summed E-state index contributed by atoms with van der Waals surface area (Å²) in [6, 6.07) is 0. The van der Waals surface area contributed by atoms with Gasteiger partial charge >= 0.3 is 5.97 Å². The lowest BCUT2D eigenvalue weighted by Gasteiger charge is -2.36. The second kappa shape index (κ2) is 13.6. The molecule has 0 spiro atoms. The molecule has 0 radical (unpaired) electrons. The second-order valence-electron chi connectivity index (χ2n) is 9.03. The van der Waals surface area contributed by atoms with Crippen LogP contribution in [-0.2, 0) is 14.3 Å². The lowest BCUT2D eigenvalue weighted by atomic mass is 9.98. The van der Waals surface area contributed by atoms with E-state index in [9.17, 15) is 10.0 Å². The molecule has 0 saturated carbocycles. The molecule has 1 rings (SSSR count). The molecule has 28 heavy (non-hydrogen) atoms. The largest absolute Gasteiger partial charge is 0.469 e. The number of hydrogen-bond donors (Lipinski definition) is 1. The standard InChI is InChI=1S/C23H45NO4/c1-5-23(24(26)22(2,3)20-28-23)19-17-15-13-11-9-7-6-8-10-12-14-16-18-21(25)27-4/h26H,5-20H2,1-4H3. The highest BCUT2D eigenvalue weighted by Gasteiger charge is 2.49. The van der Waals surface area contributed by atoms with Gasteiger partial charge in [-0.3, -0.25) is 4.79 Å². The van der Waals surface area contributed by atoms with Crippen molar-refractivity contribution in [1.29, 1.82) is 0 Å². The lowest BCUT2D eigenvalue weighted by molar-refractivity contribution is -0.254. The first-order valence-electron chi connectivity index (χ1n) is 11.6. The fourth-order valence-electron chi connectivity index (χ4n) is 4.13. The van der Waals surface area contributed by atoms with Gasteiger partial charge in [-0.25, -0.2) is 0 Å². The highest BCUT2D eigenvalue weighted by atomic mass is 16.6. The third-order valence-electron chi connectivity index (χ3n) is 6.13. The molecule has 5 heteroatoms. The van der Waals surface area contributed by atoms with Gasteiger partial charge in [-0.15, -0.1) is 0 Å². The molecule has 1 atom stereocenters. The molecule has 1 saturated heterocycles. The molecule has 166 valence electrons. The van der Waals surface area contributed by atoms with Crippen molar-refractivity contribution in [2.75, 3.05) is 13.7 Å². The molecule has 1 aliphatic heterocycles. The molecular weight excluding hydrogens is 354 g/mol. The molecule has 0 amide bonds. The number of rotatable bonds is 16. The van der Waals surface area contributed by atoms with Gasteiger partial charge in [-0.05, 0) is 39.5 Å². The number of methoxy groups -OCH3 is 1. The third-order valence-corrected chi connectivity index (χ3v) is 6.13. The lowest BCUT2D eigenvalue weighted by Crippen LogP contribution is -2.49. The number of carbonyl (C=O) groups excluding carboxylic acids is 1. The first kappa shape index (κ1) is 25.4. The minimum atomic E-state index is -0.472. The van der Waals surface area contributed by atoms with Gasteiger partial charge in [-0.1, -0.05) is 71.1 Å². The number of esters is 1. The molecule has 5 nitrogen and oxygen atoms in total. The summed E-state index contributed by atoms with van der Waals surface area (Å²) in [5.74, 6) is -0.0850. The summed E-state index contributed by atoms with van der Waals surface area (Å²) in [7, 11) is 1.46. The van der Waals surface area contributed by atoms with Crippen molar-refractivity contribution in [1.82, 2.24) is 5.06 Å². The average Bonchev–Trinajstić information content (AvgIpc) is 2.92. The number of nitrogens with zero attached hydrogens (tertiary/aromatic N) is 1. The Bertz CT molecular complexity index is 427. The predicted octanol–water partition coefficient (Wildman–Crippen LogP) is 6.23. The summed E-state index contributed by atoms with van der Waals surface area (Å²) in [5, 5.41) is 11.9. The van der Waals surface area contributed by atoms with Crippen LogP contribution in [-0.4, -0.2) is 41.2 Å². The SMILES string of the molecule is CCC1(CCCCCCCCCCCCCCC(=O)OC)OCC(C)(C)N1O. The Morgan fingerprint density at radius 2 is 1.39 bits per heavy atom. The molecule has 0 aliphatic carbocycles. The van der Waals surface area contributed by atoms with Gasteiger partial charge in [0.1, 0.15) is 5.72 Å². The zero-order valence-corrected chi connectivity index (χ0v) is 18.9. The van der Waals surface area contributed by atoms with Crippen LogP contribution in [0.5, 0.6) is 0 Å². The molecule has 1 aliphatic rings. The van der Waals surface area contributed by atoms with E-state index in [-0.39, 0.29) is 11.5 Å². The van der Waals surface area contributed by atoms with E-state index >= 15 is 0 Å². The van der Waals surface area contributed by atoms with Crippen LogP contribution in [0.4, 0.5) is 0 Å². The van der Waals surface area contributed by atoms with Crippen LogP contribution in [0.15, 0.2) is 0 Å². The Hall–Kier alpha value is -0.650. The van der Waals surface area contributed by atoms with Crippen LogP contribution in [0.3, 0.4) is 0 Å². The van der Waals surface area contributed by atoms with Gasteiger partial charge in [-0.2, -0.15) is 5.06 Å². The molecule has 1 heterocycles. The normalized spacial score (nSPS) is 21.9. The monoisotopic (exact) mass is 399 g/mol. The van der Waals surface area contributed by atoms with Crippen LogP contribution < -0.4 is 0 Å². The predicted molar refractivity (Wildman–Crippen MR) is 113 cm³/mol. The zero-order valence-electron chi connectivity index (χ0n) is 18.9. The van der Waals surface area contributed by atoms with Crippen LogP contribution in [0.2, 0.25) is 0 Å². The minimum Gasteiger partial charge on any atom is -0.469 e. The number of carbonyl (C=O) groups is 1. The van der Waals surface area contributed by atoms with Crippen LogP contribution in [0.1, 0.15) is 117 Å². The van der Waals surface area contributed by atoms with Crippen molar-refractivity contribution in [3.05, 3.63) is 0 Å². The molecule has 0 bridgehead atoms. The van der Waals surface area contributed by atoms with Gasteiger partial charge in [0.25, 0.3) is 0 Å². The smallest absolute Gasteiger partial charge is 0.305 e. The van der Waals surface area contributed by atoms with E-state index in [1.54, 1.807) is 0 Å². The van der Waals surface area contributed by atoms with Crippen LogP contribution in [0, 0.1) is 0 Å². The van der Waals surface area contributed by atoms with Gasteiger partial charge in [0.15, 0.2) is 0 Å². The first-order valence-corrected chi connectivity index (χ1v) is 11.6. The highest BCUT2D eigenvalue weighted by molar-refractivity contribution is 5.68. The fourth-order valence-corrected chi connectivity index (χ4v) is 4.13. The van der Waals surface area contributed by atoms with Crippen LogP contribution in [0.25, 0.3) is 0 Å². The molecule has 0 aromatic heterocycles. The second-order valence-corrected chi connectivity index (χ2v) is 9.03. The quantitative estimate of drug-likeness (QED) is 0.246. The maximum absolute atomic E-state index is 11.0. The van der Waals surface area contributed by atoms with E-state index in [0.717, 1.165) is 32.1 Å². The van der Waals surface area contributed by atoms with Crippen molar-refractivity contribution in [3.63, 3.8) is 0 Å². The molecular formula is C23H45NO4. The van der Waals surface area contributed by atoms with Crippen LogP contribution >= 0.6 is 0 Å². The first-order chi connectivity index (χ1) is 13.4. The summed E-state index contributed by atoms with van der Waals surface area (Å²) in [4.78, 5) is 11.0. The van der Waals surface area contributed by atoms with E-state index in [4.69, 9.17) is 4.74 Å².